The number of methoxy groups -OCH3 is 1. The lowest BCUT2D eigenvalue weighted by atomic mass is 10.1. The van der Waals surface area contributed by atoms with E-state index < -0.39 is 17.2 Å². The molecule has 2 aliphatic rings. The molecule has 1 fully saturated rings. The van der Waals surface area contributed by atoms with Crippen molar-refractivity contribution in [1.82, 2.24) is 4.90 Å². The van der Waals surface area contributed by atoms with Gasteiger partial charge in [0.25, 0.3) is 5.91 Å². The minimum atomic E-state index is -0.580. The molecule has 2 heterocycles. The van der Waals surface area contributed by atoms with Crippen LogP contribution in [0.15, 0.2) is 53.5 Å². The van der Waals surface area contributed by atoms with Gasteiger partial charge in [-0.05, 0) is 67.8 Å². The van der Waals surface area contributed by atoms with Crippen LogP contribution in [0.3, 0.4) is 0 Å². The summed E-state index contributed by atoms with van der Waals surface area (Å²) < 4.78 is 9.95. The topological polar surface area (TPSA) is 114 Å². The van der Waals surface area contributed by atoms with Crippen LogP contribution in [0.5, 0.6) is 5.75 Å². The average Bonchev–Trinajstić information content (AvgIpc) is 3.24. The van der Waals surface area contributed by atoms with Gasteiger partial charge in [0.1, 0.15) is 11.0 Å². The van der Waals surface area contributed by atoms with Crippen molar-refractivity contribution in [2.45, 2.75) is 30.9 Å². The molecule has 0 aromatic heterocycles. The van der Waals surface area contributed by atoms with E-state index in [0.717, 1.165) is 31.1 Å². The van der Waals surface area contributed by atoms with Gasteiger partial charge in [0.05, 0.1) is 18.2 Å². The maximum absolute atomic E-state index is 12.5. The minimum absolute atomic E-state index is 0.0235. The minimum Gasteiger partial charge on any atom is -0.465 e. The number of nitrogens with zero attached hydrogens (tertiary/aromatic N) is 2. The smallest absolute Gasteiger partial charge is 0.343 e. The summed E-state index contributed by atoms with van der Waals surface area (Å²) in [5.74, 6) is -1.35. The fourth-order valence-corrected chi connectivity index (χ4v) is 4.86. The molecule has 1 N–H and O–H groups in total. The predicted octanol–water partition coefficient (Wildman–Crippen LogP) is 3.50. The van der Waals surface area contributed by atoms with Crippen molar-refractivity contribution in [1.29, 1.82) is 0 Å². The van der Waals surface area contributed by atoms with Crippen LogP contribution in [-0.4, -0.2) is 59.3 Å². The highest BCUT2D eigenvalue weighted by atomic mass is 32.2. The molecular formula is C25H25N3O6S. The molecule has 10 heteroatoms. The third kappa shape index (κ3) is 6.27. The summed E-state index contributed by atoms with van der Waals surface area (Å²) in [5, 5.41) is 2.95. The van der Waals surface area contributed by atoms with Gasteiger partial charge in [0, 0.05) is 25.2 Å². The molecule has 1 atom stereocenters. The Kier molecular flexibility index (Phi) is 7.81. The zero-order valence-electron chi connectivity index (χ0n) is 19.2. The Morgan fingerprint density at radius 2 is 1.60 bits per heavy atom. The molecule has 1 saturated heterocycles. The number of rotatable bonds is 6. The lowest BCUT2D eigenvalue weighted by molar-refractivity contribution is -0.121. The average molecular weight is 496 g/mol. The number of carbonyl (C=O) groups excluding carboxylic acids is 4. The Morgan fingerprint density at radius 3 is 2.26 bits per heavy atom. The number of amidine groups is 1. The standard InChI is InChI=1S/C25H25N3O6S/c1-33-23(31)16-7-11-19(12-8-16)34-24(32)17-5-9-18(10-6-17)26-21(29)15-20-22(30)27-25(35-20)28-13-3-2-4-14-28/h5-12,20H,2-4,13-15H2,1H3,(H,26,29)/t20-/m0/s1. The van der Waals surface area contributed by atoms with Crippen molar-refractivity contribution in [2.24, 2.45) is 4.99 Å². The van der Waals surface area contributed by atoms with E-state index in [9.17, 15) is 19.2 Å². The second-order valence-corrected chi connectivity index (χ2v) is 9.29. The van der Waals surface area contributed by atoms with Gasteiger partial charge in [-0.15, -0.1) is 0 Å². The first kappa shape index (κ1) is 24.5. The SMILES string of the molecule is COC(=O)c1ccc(OC(=O)c2ccc(NC(=O)C[C@@H]3SC(N4CCCCC4)=NC3=O)cc2)cc1. The van der Waals surface area contributed by atoms with E-state index in [2.05, 4.69) is 19.9 Å². The van der Waals surface area contributed by atoms with Crippen LogP contribution in [0.2, 0.25) is 0 Å². The number of hydrogen-bond donors (Lipinski definition) is 1. The zero-order valence-corrected chi connectivity index (χ0v) is 20.0. The number of ether oxygens (including phenoxy) is 2. The van der Waals surface area contributed by atoms with Gasteiger partial charge in [-0.1, -0.05) is 11.8 Å². The molecule has 2 aliphatic heterocycles. The molecule has 0 radical (unpaired) electrons. The predicted molar refractivity (Wildman–Crippen MR) is 132 cm³/mol. The van der Waals surface area contributed by atoms with E-state index in [0.29, 0.717) is 16.8 Å². The van der Waals surface area contributed by atoms with E-state index in [1.54, 1.807) is 12.1 Å². The number of amides is 2. The maximum Gasteiger partial charge on any atom is 0.343 e. The van der Waals surface area contributed by atoms with Gasteiger partial charge in [0.15, 0.2) is 5.17 Å². The summed E-state index contributed by atoms with van der Waals surface area (Å²) in [7, 11) is 1.29. The van der Waals surface area contributed by atoms with Crippen LogP contribution >= 0.6 is 11.8 Å². The first-order valence-corrected chi connectivity index (χ1v) is 12.2. The summed E-state index contributed by atoms with van der Waals surface area (Å²) in [6.07, 6.45) is 3.39. The highest BCUT2D eigenvalue weighted by Crippen LogP contribution is 2.29. The normalized spacial score (nSPS) is 17.5. The van der Waals surface area contributed by atoms with E-state index >= 15 is 0 Å². The molecule has 0 saturated carbocycles. The quantitative estimate of drug-likeness (QED) is 0.478. The fraction of sp³-hybridized carbons (Fsp3) is 0.320. The molecule has 0 aliphatic carbocycles. The highest BCUT2D eigenvalue weighted by Gasteiger charge is 2.33. The van der Waals surface area contributed by atoms with Gasteiger partial charge in [-0.25, -0.2) is 9.59 Å². The number of carbonyl (C=O) groups is 4. The number of piperidine rings is 1. The number of likely N-dealkylation sites (tertiary alicyclic amines) is 1. The van der Waals surface area contributed by atoms with Crippen LogP contribution in [-0.2, 0) is 14.3 Å². The van der Waals surface area contributed by atoms with E-state index in [4.69, 9.17) is 4.74 Å². The van der Waals surface area contributed by atoms with Crippen LogP contribution < -0.4 is 10.1 Å². The molecule has 2 aromatic rings. The summed E-state index contributed by atoms with van der Waals surface area (Å²) in [6.45, 7) is 1.79. The summed E-state index contributed by atoms with van der Waals surface area (Å²) in [5.41, 5.74) is 1.14. The first-order valence-electron chi connectivity index (χ1n) is 11.3. The Hall–Kier alpha value is -3.66. The molecule has 2 aromatic carbocycles. The van der Waals surface area contributed by atoms with Gasteiger partial charge >= 0.3 is 11.9 Å². The number of nitrogens with one attached hydrogen (secondary N) is 1. The van der Waals surface area contributed by atoms with Crippen molar-refractivity contribution >= 4 is 46.4 Å². The van der Waals surface area contributed by atoms with Crippen molar-refractivity contribution in [3.05, 3.63) is 59.7 Å². The molecule has 0 unspecified atom stereocenters. The molecule has 0 bridgehead atoms. The van der Waals surface area contributed by atoms with E-state index in [1.807, 2.05) is 0 Å². The third-order valence-corrected chi connectivity index (χ3v) is 6.83. The number of thioether (sulfide) groups is 1. The van der Waals surface area contributed by atoms with E-state index in [-0.39, 0.29) is 24.0 Å². The molecule has 9 nitrogen and oxygen atoms in total. The van der Waals surface area contributed by atoms with E-state index in [1.165, 1.54) is 61.7 Å². The third-order valence-electron chi connectivity index (χ3n) is 5.62. The lowest BCUT2D eigenvalue weighted by Crippen LogP contribution is -2.33. The number of benzene rings is 2. The monoisotopic (exact) mass is 495 g/mol. The summed E-state index contributed by atoms with van der Waals surface area (Å²) in [4.78, 5) is 54.9. The van der Waals surface area contributed by atoms with Gasteiger partial charge in [-0.2, -0.15) is 4.99 Å². The number of hydrogen-bond acceptors (Lipinski definition) is 8. The van der Waals surface area contributed by atoms with Crippen LogP contribution in [0, 0.1) is 0 Å². The molecule has 0 spiro atoms. The lowest BCUT2D eigenvalue weighted by Gasteiger charge is -2.27. The molecule has 35 heavy (non-hydrogen) atoms. The second-order valence-electron chi connectivity index (χ2n) is 8.12. The zero-order chi connectivity index (χ0) is 24.8. The van der Waals surface area contributed by atoms with Crippen molar-refractivity contribution in [2.75, 3.05) is 25.5 Å². The summed E-state index contributed by atoms with van der Waals surface area (Å²) in [6, 6.07) is 12.3. The largest absolute Gasteiger partial charge is 0.465 e. The second kappa shape index (κ2) is 11.2. The Bertz CT molecular complexity index is 1140. The maximum atomic E-state index is 12.5. The fourth-order valence-electron chi connectivity index (χ4n) is 3.74. The molecular weight excluding hydrogens is 470 g/mol. The van der Waals surface area contributed by atoms with Crippen LogP contribution in [0.25, 0.3) is 0 Å². The van der Waals surface area contributed by atoms with Gasteiger partial charge in [0.2, 0.25) is 5.91 Å². The van der Waals surface area contributed by atoms with Gasteiger partial charge < -0.3 is 19.7 Å². The number of esters is 2. The highest BCUT2D eigenvalue weighted by molar-refractivity contribution is 8.15. The van der Waals surface area contributed by atoms with Gasteiger partial charge in [-0.3, -0.25) is 9.59 Å². The Labute approximate surface area is 206 Å². The van der Waals surface area contributed by atoms with Crippen molar-refractivity contribution in [3.63, 3.8) is 0 Å². The van der Waals surface area contributed by atoms with Crippen LogP contribution in [0.1, 0.15) is 46.4 Å². The first-order chi connectivity index (χ1) is 16.9. The molecule has 182 valence electrons. The number of anilines is 1. The number of aliphatic imine (C=N–C) groups is 1. The Morgan fingerprint density at radius 1 is 0.971 bits per heavy atom. The molecule has 2 amide bonds. The van der Waals surface area contributed by atoms with Crippen molar-refractivity contribution in [3.8, 4) is 5.75 Å². The van der Waals surface area contributed by atoms with Crippen LogP contribution in [0.4, 0.5) is 5.69 Å². The summed E-state index contributed by atoms with van der Waals surface area (Å²) >= 11 is 1.35. The van der Waals surface area contributed by atoms with Crippen molar-refractivity contribution < 1.29 is 28.7 Å². The Balaban J connectivity index is 1.27. The molecule has 4 rings (SSSR count).